The molecule has 1 N–H and O–H groups in total. The molecule has 0 heterocycles. The quantitative estimate of drug-likeness (QED) is 0.500. The normalized spacial score (nSPS) is 13.7. The number of likely N-dealkylation sites (N-methyl/N-ethyl adjacent to an activating group) is 1. The lowest BCUT2D eigenvalue weighted by atomic mass is 10.4. The van der Waals surface area contributed by atoms with Crippen LogP contribution in [0.4, 0.5) is 0 Å². The Morgan fingerprint density at radius 3 is 2.33 bits per heavy atom. The summed E-state index contributed by atoms with van der Waals surface area (Å²) in [5, 5.41) is 2.69. The Kier molecular flexibility index (Phi) is 2.67. The summed E-state index contributed by atoms with van der Waals surface area (Å²) < 4.78 is 0. The molecule has 0 aromatic rings. The summed E-state index contributed by atoms with van der Waals surface area (Å²) in [4.78, 5) is 9.55. The van der Waals surface area contributed by atoms with Crippen molar-refractivity contribution in [3.8, 4) is 0 Å². The average Bonchev–Trinajstić information content (AvgIpc) is 1.65. The Hall–Kier alpha value is -0.370. The maximum atomic E-state index is 9.55. The van der Waals surface area contributed by atoms with Gasteiger partial charge in [-0.15, -0.1) is 0 Å². The van der Waals surface area contributed by atoms with Crippen molar-refractivity contribution >= 4 is 6.29 Å². The third-order valence-corrected chi connectivity index (χ3v) is 0.610. The molecule has 0 aliphatic heterocycles. The molecule has 0 amide bonds. The van der Waals surface area contributed by atoms with Crippen LogP contribution in [0.5, 0.6) is 0 Å². The zero-order chi connectivity index (χ0) is 4.99. The van der Waals surface area contributed by atoms with Crippen molar-refractivity contribution in [3.05, 3.63) is 0 Å². The standard InChI is InChI=1S/C4H8NO/c1-4(3-6)5-2/h4-5H,1-2H3. The van der Waals surface area contributed by atoms with Gasteiger partial charge in [0.2, 0.25) is 6.29 Å². The van der Waals surface area contributed by atoms with Crippen LogP contribution in [0.3, 0.4) is 0 Å². The molecule has 0 fully saturated rings. The minimum atomic E-state index is -0.120. The van der Waals surface area contributed by atoms with Crippen LogP contribution in [0, 0.1) is 0 Å². The van der Waals surface area contributed by atoms with E-state index in [2.05, 4.69) is 5.32 Å². The van der Waals surface area contributed by atoms with Crippen molar-refractivity contribution < 1.29 is 4.79 Å². The largest absolute Gasteiger partial charge is 0.310 e. The molecule has 1 atom stereocenters. The molecule has 1 unspecified atom stereocenters. The minimum Gasteiger partial charge on any atom is -0.310 e. The molecular formula is C4H8NO. The highest BCUT2D eigenvalue weighted by Crippen LogP contribution is 1.64. The molecule has 6 heavy (non-hydrogen) atoms. The second-order valence-electron chi connectivity index (χ2n) is 1.13. The molecule has 0 aliphatic carbocycles. The summed E-state index contributed by atoms with van der Waals surface area (Å²) in [6, 6.07) is -0.120. The average molecular weight is 86.1 g/mol. The summed E-state index contributed by atoms with van der Waals surface area (Å²) in [7, 11) is 1.72. The van der Waals surface area contributed by atoms with Gasteiger partial charge in [0.25, 0.3) is 0 Å². The van der Waals surface area contributed by atoms with Gasteiger partial charge in [-0.3, -0.25) is 4.79 Å². The smallest absolute Gasteiger partial charge is 0.216 e. The number of rotatable bonds is 2. The fourth-order valence-corrected chi connectivity index (χ4v) is 0.0589. The molecule has 0 saturated heterocycles. The molecule has 0 saturated carbocycles. The third-order valence-electron chi connectivity index (χ3n) is 0.610. The molecule has 1 radical (unpaired) electrons. The van der Waals surface area contributed by atoms with Crippen LogP contribution >= 0.6 is 0 Å². The van der Waals surface area contributed by atoms with Gasteiger partial charge in [-0.2, -0.15) is 0 Å². The second-order valence-corrected chi connectivity index (χ2v) is 1.13. The molecule has 0 aromatic carbocycles. The first-order chi connectivity index (χ1) is 2.81. The first kappa shape index (κ1) is 5.63. The van der Waals surface area contributed by atoms with Gasteiger partial charge in [-0.1, -0.05) is 0 Å². The van der Waals surface area contributed by atoms with Gasteiger partial charge in [0, 0.05) is 0 Å². The molecular weight excluding hydrogens is 78.0 g/mol. The van der Waals surface area contributed by atoms with Crippen molar-refractivity contribution in [2.24, 2.45) is 0 Å². The van der Waals surface area contributed by atoms with Gasteiger partial charge < -0.3 is 5.32 Å². The van der Waals surface area contributed by atoms with Crippen molar-refractivity contribution in [2.45, 2.75) is 13.0 Å². The van der Waals surface area contributed by atoms with Gasteiger partial charge >= 0.3 is 0 Å². The number of nitrogens with one attached hydrogen (secondary N) is 1. The minimum absolute atomic E-state index is 0.120. The molecule has 0 aliphatic rings. The topological polar surface area (TPSA) is 29.1 Å². The summed E-state index contributed by atoms with van der Waals surface area (Å²) in [5.41, 5.74) is 0. The third kappa shape index (κ3) is 1.91. The van der Waals surface area contributed by atoms with Crippen LogP contribution in [-0.4, -0.2) is 19.4 Å². The van der Waals surface area contributed by atoms with Crippen LogP contribution in [0.15, 0.2) is 0 Å². The second kappa shape index (κ2) is 2.85. The molecule has 2 heteroatoms. The van der Waals surface area contributed by atoms with E-state index < -0.39 is 0 Å². The van der Waals surface area contributed by atoms with Gasteiger partial charge in [-0.05, 0) is 14.0 Å². The van der Waals surface area contributed by atoms with E-state index >= 15 is 0 Å². The van der Waals surface area contributed by atoms with E-state index in [4.69, 9.17) is 0 Å². The Balaban J connectivity index is 2.96. The molecule has 2 nitrogen and oxygen atoms in total. The van der Waals surface area contributed by atoms with E-state index in [9.17, 15) is 4.79 Å². The monoisotopic (exact) mass is 86.1 g/mol. The molecule has 0 bridgehead atoms. The Bertz CT molecular complexity index is 44.8. The van der Waals surface area contributed by atoms with Crippen molar-refractivity contribution in [1.29, 1.82) is 0 Å². The van der Waals surface area contributed by atoms with E-state index in [1.54, 1.807) is 20.3 Å². The fraction of sp³-hybridized carbons (Fsp3) is 0.750. The van der Waals surface area contributed by atoms with Gasteiger partial charge in [0.15, 0.2) is 0 Å². The van der Waals surface area contributed by atoms with E-state index in [0.717, 1.165) is 0 Å². The lowest BCUT2D eigenvalue weighted by Gasteiger charge is -1.92. The van der Waals surface area contributed by atoms with Crippen LogP contribution in [0.25, 0.3) is 0 Å². The van der Waals surface area contributed by atoms with Crippen LogP contribution in [0.1, 0.15) is 6.92 Å². The fourth-order valence-electron chi connectivity index (χ4n) is 0.0589. The zero-order valence-corrected chi connectivity index (χ0v) is 3.99. The molecule has 35 valence electrons. The highest BCUT2D eigenvalue weighted by atomic mass is 16.1. The number of hydrogen-bond acceptors (Lipinski definition) is 2. The molecule has 0 rings (SSSR count). The van der Waals surface area contributed by atoms with Crippen LogP contribution in [-0.2, 0) is 4.79 Å². The SMILES string of the molecule is CNC(C)[C]=O. The first-order valence-corrected chi connectivity index (χ1v) is 1.86. The Labute approximate surface area is 37.5 Å². The highest BCUT2D eigenvalue weighted by Gasteiger charge is 1.89. The highest BCUT2D eigenvalue weighted by molar-refractivity contribution is 5.57. The lowest BCUT2D eigenvalue weighted by Crippen LogP contribution is -2.21. The van der Waals surface area contributed by atoms with Crippen molar-refractivity contribution in [2.75, 3.05) is 7.05 Å². The summed E-state index contributed by atoms with van der Waals surface area (Å²) >= 11 is 0. The van der Waals surface area contributed by atoms with Crippen LogP contribution in [0.2, 0.25) is 0 Å². The van der Waals surface area contributed by atoms with E-state index in [1.807, 2.05) is 0 Å². The van der Waals surface area contributed by atoms with E-state index in [0.29, 0.717) is 0 Å². The van der Waals surface area contributed by atoms with Crippen LogP contribution < -0.4 is 5.32 Å². The summed E-state index contributed by atoms with van der Waals surface area (Å²) in [5.74, 6) is 0. The Morgan fingerprint density at radius 1 is 1.83 bits per heavy atom. The number of hydrogen-bond donors (Lipinski definition) is 1. The molecule has 0 spiro atoms. The van der Waals surface area contributed by atoms with Gasteiger partial charge in [0.05, 0.1) is 6.04 Å². The van der Waals surface area contributed by atoms with Gasteiger partial charge in [-0.25, -0.2) is 0 Å². The van der Waals surface area contributed by atoms with E-state index in [-0.39, 0.29) is 6.04 Å². The predicted molar refractivity (Wildman–Crippen MR) is 24.2 cm³/mol. The maximum absolute atomic E-state index is 9.55. The zero-order valence-electron chi connectivity index (χ0n) is 3.99. The lowest BCUT2D eigenvalue weighted by molar-refractivity contribution is 0.535. The number of carbonyl (C=O) groups excluding carboxylic acids is 1. The van der Waals surface area contributed by atoms with Gasteiger partial charge in [0.1, 0.15) is 0 Å². The Morgan fingerprint density at radius 2 is 2.33 bits per heavy atom. The summed E-state index contributed by atoms with van der Waals surface area (Å²) in [6.07, 6.45) is 1.75. The predicted octanol–water partition coefficient (Wildman–Crippen LogP) is -0.296. The van der Waals surface area contributed by atoms with E-state index in [1.165, 1.54) is 0 Å². The van der Waals surface area contributed by atoms with Crippen molar-refractivity contribution in [3.63, 3.8) is 0 Å². The molecule has 0 aromatic heterocycles. The maximum Gasteiger partial charge on any atom is 0.216 e. The first-order valence-electron chi connectivity index (χ1n) is 1.86. The summed E-state index contributed by atoms with van der Waals surface area (Å²) in [6.45, 7) is 1.74. The van der Waals surface area contributed by atoms with Crippen molar-refractivity contribution in [1.82, 2.24) is 5.32 Å².